The van der Waals surface area contributed by atoms with Crippen molar-refractivity contribution < 1.29 is 33.8 Å². The van der Waals surface area contributed by atoms with Crippen molar-refractivity contribution in [2.24, 2.45) is 17.8 Å². The molecular weight excluding hydrogens is 658 g/mol. The summed E-state index contributed by atoms with van der Waals surface area (Å²) in [6.07, 6.45) is 6.57. The number of amides is 3. The number of ether oxygens (including phenoxy) is 2. The lowest BCUT2D eigenvalue weighted by molar-refractivity contribution is -0.164. The first kappa shape index (κ1) is 35.8. The van der Waals surface area contributed by atoms with Crippen LogP contribution < -0.4 is 4.90 Å². The maximum absolute atomic E-state index is 15.0. The predicted octanol–water partition coefficient (Wildman–Crippen LogP) is 5.02. The highest BCUT2D eigenvalue weighted by atomic mass is 35.5. The second kappa shape index (κ2) is 14.3. The largest absolute Gasteiger partial charge is 0.455 e. The molecule has 4 aliphatic rings. The molecule has 50 heavy (non-hydrogen) atoms. The number of nitrogens with zero attached hydrogens (tertiary/aromatic N) is 3. The van der Waals surface area contributed by atoms with Crippen LogP contribution in [-0.4, -0.2) is 88.6 Å². The Bertz CT molecular complexity index is 1680. The highest BCUT2D eigenvalue weighted by molar-refractivity contribution is 6.34. The number of carbonyl (C=O) groups is 4. The van der Waals surface area contributed by atoms with E-state index in [1.54, 1.807) is 47.2 Å². The number of cyclic esters (lactones) is 1. The van der Waals surface area contributed by atoms with Gasteiger partial charge in [-0.05, 0) is 43.4 Å². The van der Waals surface area contributed by atoms with Gasteiger partial charge in [-0.3, -0.25) is 19.2 Å². The Hall–Kier alpha value is -3.99. The molecule has 0 bridgehead atoms. The van der Waals surface area contributed by atoms with Crippen LogP contribution in [0.1, 0.15) is 57.3 Å². The van der Waals surface area contributed by atoms with Gasteiger partial charge in [0.1, 0.15) is 23.7 Å². The summed E-state index contributed by atoms with van der Waals surface area (Å²) in [4.78, 5) is 62.5. The zero-order chi connectivity index (χ0) is 35.9. The lowest BCUT2D eigenvalue weighted by Crippen LogP contribution is -2.59. The SMILES string of the molecule is CC[C@H](C)[C@H](CO)N1C(=O)[C@@H]2[C@H]3C(=O)O[C@H](c4ccccc4)[C@@H](C)N(C)C(=O)CC/C=C\[C@H]3O[C@@]23C=CCN(c2c(C)cccc2Cl)C(=O)[C@@H]13. The van der Waals surface area contributed by atoms with Gasteiger partial charge < -0.3 is 29.3 Å². The molecule has 3 amide bonds. The van der Waals surface area contributed by atoms with Crippen LogP contribution in [0, 0.1) is 24.7 Å². The fraction of sp³-hybridized carbons (Fsp3) is 0.487. The van der Waals surface area contributed by atoms with Crippen molar-refractivity contribution in [3.05, 3.63) is 89.0 Å². The molecule has 9 atom stereocenters. The van der Waals surface area contributed by atoms with E-state index in [1.165, 1.54) is 4.90 Å². The number of aryl methyl sites for hydroxylation is 1. The molecule has 6 rings (SSSR count). The van der Waals surface area contributed by atoms with Gasteiger partial charge in [-0.25, -0.2) is 0 Å². The van der Waals surface area contributed by atoms with E-state index in [0.717, 1.165) is 5.56 Å². The summed E-state index contributed by atoms with van der Waals surface area (Å²) in [7, 11) is 1.70. The van der Waals surface area contributed by atoms with E-state index in [0.29, 0.717) is 29.1 Å². The zero-order valence-corrected chi connectivity index (χ0v) is 30.0. The molecule has 2 aromatic carbocycles. The van der Waals surface area contributed by atoms with Crippen LogP contribution in [0.4, 0.5) is 5.69 Å². The third-order valence-corrected chi connectivity index (χ3v) is 11.5. The zero-order valence-electron chi connectivity index (χ0n) is 29.2. The number of rotatable bonds is 6. The molecule has 4 aliphatic heterocycles. The van der Waals surface area contributed by atoms with Crippen molar-refractivity contribution in [1.29, 1.82) is 0 Å². The van der Waals surface area contributed by atoms with E-state index < -0.39 is 65.6 Å². The average molecular weight is 704 g/mol. The minimum absolute atomic E-state index is 0.0997. The first-order valence-electron chi connectivity index (χ1n) is 17.5. The monoisotopic (exact) mass is 703 g/mol. The van der Waals surface area contributed by atoms with Crippen molar-refractivity contribution in [2.45, 2.75) is 82.9 Å². The number of para-hydroxylation sites is 1. The summed E-state index contributed by atoms with van der Waals surface area (Å²) in [6.45, 7) is 7.38. The Morgan fingerprint density at radius 1 is 1.04 bits per heavy atom. The summed E-state index contributed by atoms with van der Waals surface area (Å²) >= 11 is 6.70. The predicted molar refractivity (Wildman–Crippen MR) is 189 cm³/mol. The Morgan fingerprint density at radius 2 is 1.78 bits per heavy atom. The molecule has 266 valence electrons. The van der Waals surface area contributed by atoms with Crippen molar-refractivity contribution in [2.75, 3.05) is 25.1 Å². The quantitative estimate of drug-likeness (QED) is 0.332. The maximum atomic E-state index is 15.0. The van der Waals surface area contributed by atoms with E-state index in [4.69, 9.17) is 21.1 Å². The van der Waals surface area contributed by atoms with Gasteiger partial charge in [-0.2, -0.15) is 0 Å². The summed E-state index contributed by atoms with van der Waals surface area (Å²) in [5.74, 6) is -4.05. The van der Waals surface area contributed by atoms with Gasteiger partial charge in [0.25, 0.3) is 5.91 Å². The smallest absolute Gasteiger partial charge is 0.313 e. The van der Waals surface area contributed by atoms with Crippen LogP contribution in [-0.2, 0) is 28.7 Å². The van der Waals surface area contributed by atoms with Crippen molar-refractivity contribution >= 4 is 41.0 Å². The number of aliphatic hydroxyl groups is 1. The van der Waals surface area contributed by atoms with Crippen LogP contribution in [0.5, 0.6) is 0 Å². The summed E-state index contributed by atoms with van der Waals surface area (Å²) in [6, 6.07) is 12.2. The van der Waals surface area contributed by atoms with E-state index in [2.05, 4.69) is 0 Å². The summed E-state index contributed by atoms with van der Waals surface area (Å²) < 4.78 is 13.2. The minimum Gasteiger partial charge on any atom is -0.455 e. The van der Waals surface area contributed by atoms with Gasteiger partial charge in [0.2, 0.25) is 11.8 Å². The van der Waals surface area contributed by atoms with Crippen LogP contribution in [0.2, 0.25) is 5.02 Å². The van der Waals surface area contributed by atoms with Gasteiger partial charge in [0.05, 0.1) is 41.4 Å². The van der Waals surface area contributed by atoms with E-state index >= 15 is 9.59 Å². The molecule has 10 nitrogen and oxygen atoms in total. The second-order valence-electron chi connectivity index (χ2n) is 14.0. The Balaban J connectivity index is 1.50. The van der Waals surface area contributed by atoms with Gasteiger partial charge in [0.15, 0.2) is 0 Å². The highest BCUT2D eigenvalue weighted by Gasteiger charge is 2.73. The van der Waals surface area contributed by atoms with Gasteiger partial charge >= 0.3 is 5.97 Å². The first-order valence-corrected chi connectivity index (χ1v) is 17.9. The van der Waals surface area contributed by atoms with Crippen LogP contribution >= 0.6 is 11.6 Å². The van der Waals surface area contributed by atoms with E-state index in [1.807, 2.05) is 70.2 Å². The van der Waals surface area contributed by atoms with Gasteiger partial charge in [0, 0.05) is 20.0 Å². The van der Waals surface area contributed by atoms with Gasteiger partial charge in [-0.1, -0.05) is 98.6 Å². The molecular formula is C39H46ClN3O7. The summed E-state index contributed by atoms with van der Waals surface area (Å²) in [5.41, 5.74) is 0.454. The lowest BCUT2D eigenvalue weighted by Gasteiger charge is -2.40. The van der Waals surface area contributed by atoms with Gasteiger partial charge in [-0.15, -0.1) is 0 Å². The number of likely N-dealkylation sites (N-methyl/N-ethyl adjacent to an activating group) is 1. The Labute approximate surface area is 298 Å². The topological polar surface area (TPSA) is 117 Å². The molecule has 1 N–H and O–H groups in total. The standard InChI is InChI=1S/C39H46ClN3O7/c1-6-23(2)28(22-44)43-35-37(47)42(33-24(3)14-12-17-27(33)40)21-13-20-39(35)32(36(43)46)31-29(50-39)18-10-11-19-30(45)41(5)25(4)34(49-38(31)48)26-15-8-7-9-16-26/h7-10,12-18,20,23,25,28-29,31-32,34-35,44H,6,11,19,21-22H2,1-5H3/b18-10-/t23-,25+,28-,29+,31-,32-,34-,35+,39-/m0/s1. The maximum Gasteiger partial charge on any atom is 0.313 e. The van der Waals surface area contributed by atoms with Crippen LogP contribution in [0.15, 0.2) is 72.8 Å². The molecule has 2 saturated heterocycles. The normalized spacial score (nSPS) is 31.9. The fourth-order valence-corrected chi connectivity index (χ4v) is 8.49. The molecule has 0 aliphatic carbocycles. The second-order valence-corrected chi connectivity index (χ2v) is 14.4. The number of esters is 1. The number of anilines is 1. The molecule has 2 aromatic rings. The van der Waals surface area contributed by atoms with Crippen molar-refractivity contribution in [1.82, 2.24) is 9.80 Å². The molecule has 0 saturated carbocycles. The third kappa shape index (κ3) is 5.95. The molecule has 4 heterocycles. The number of carbonyl (C=O) groups excluding carboxylic acids is 4. The Kier molecular flexibility index (Phi) is 10.3. The number of hydrogen-bond donors (Lipinski definition) is 1. The third-order valence-electron chi connectivity index (χ3n) is 11.2. The van der Waals surface area contributed by atoms with Crippen molar-refractivity contribution in [3.63, 3.8) is 0 Å². The molecule has 11 heteroatoms. The van der Waals surface area contributed by atoms with Crippen molar-refractivity contribution in [3.8, 4) is 0 Å². The number of benzene rings is 2. The van der Waals surface area contributed by atoms with E-state index in [-0.39, 0.29) is 31.4 Å². The highest BCUT2D eigenvalue weighted by Crippen LogP contribution is 2.55. The number of hydrogen-bond acceptors (Lipinski definition) is 7. The van der Waals surface area contributed by atoms with Crippen LogP contribution in [0.3, 0.4) is 0 Å². The molecule has 0 aromatic heterocycles. The minimum atomic E-state index is -1.56. The lowest BCUT2D eigenvalue weighted by atomic mass is 9.77. The number of likely N-dealkylation sites (tertiary alicyclic amines) is 1. The van der Waals surface area contributed by atoms with E-state index in [9.17, 15) is 14.7 Å². The molecule has 0 unspecified atom stereocenters. The molecule has 1 spiro atoms. The van der Waals surface area contributed by atoms with Crippen LogP contribution in [0.25, 0.3) is 0 Å². The number of aliphatic hydroxyl groups excluding tert-OH is 1. The number of halogens is 1. The summed E-state index contributed by atoms with van der Waals surface area (Å²) in [5, 5.41) is 11.2. The molecule has 2 fully saturated rings. The Morgan fingerprint density at radius 3 is 2.46 bits per heavy atom. The molecule has 0 radical (unpaired) electrons. The average Bonchev–Trinajstić information content (AvgIpc) is 3.50. The number of allylic oxidation sites excluding steroid dienone is 1. The fourth-order valence-electron chi connectivity index (χ4n) is 8.16. The number of fused-ring (bicyclic) bond motifs is 2. The first-order chi connectivity index (χ1) is 24.0.